The molecule has 0 aromatic heterocycles. The SMILES string of the molecule is CN(CCCCN1CCOCC1)C(=O)CC1C(=O)NCCN1Cc1cccc(F)c1. The van der Waals surface area contributed by atoms with Crippen LogP contribution in [0.3, 0.4) is 0 Å². The molecule has 0 aliphatic carbocycles. The van der Waals surface area contributed by atoms with E-state index < -0.39 is 6.04 Å². The smallest absolute Gasteiger partial charge is 0.237 e. The summed E-state index contributed by atoms with van der Waals surface area (Å²) in [6.45, 7) is 6.90. The maximum Gasteiger partial charge on any atom is 0.237 e. The second kappa shape index (κ2) is 11.4. The van der Waals surface area contributed by atoms with Gasteiger partial charge in [-0.25, -0.2) is 4.39 Å². The van der Waals surface area contributed by atoms with Crippen LogP contribution in [-0.2, 0) is 20.9 Å². The Balaban J connectivity index is 1.46. The maximum absolute atomic E-state index is 13.5. The van der Waals surface area contributed by atoms with Crippen molar-refractivity contribution in [1.82, 2.24) is 20.0 Å². The molecule has 30 heavy (non-hydrogen) atoms. The Morgan fingerprint density at radius 1 is 1.27 bits per heavy atom. The number of morpholine rings is 1. The molecule has 2 fully saturated rings. The van der Waals surface area contributed by atoms with Gasteiger partial charge in [0.1, 0.15) is 5.82 Å². The minimum absolute atomic E-state index is 0.0346. The summed E-state index contributed by atoms with van der Waals surface area (Å²) in [6, 6.07) is 5.87. The molecule has 1 aromatic carbocycles. The second-order valence-electron chi connectivity index (χ2n) is 8.09. The fourth-order valence-electron chi connectivity index (χ4n) is 4.00. The third-order valence-corrected chi connectivity index (χ3v) is 5.83. The number of carbonyl (C=O) groups is 2. The number of hydrogen-bond donors (Lipinski definition) is 1. The molecule has 1 N–H and O–H groups in total. The number of piperazine rings is 1. The van der Waals surface area contributed by atoms with Crippen molar-refractivity contribution in [2.45, 2.75) is 31.8 Å². The molecule has 0 radical (unpaired) electrons. The van der Waals surface area contributed by atoms with Crippen molar-refractivity contribution in [2.75, 3.05) is 59.5 Å². The minimum atomic E-state index is -0.523. The normalized spacial score (nSPS) is 20.7. The van der Waals surface area contributed by atoms with Crippen LogP contribution in [0.15, 0.2) is 24.3 Å². The van der Waals surface area contributed by atoms with Crippen molar-refractivity contribution >= 4 is 11.8 Å². The molecule has 8 heteroatoms. The highest BCUT2D eigenvalue weighted by Gasteiger charge is 2.32. The number of carbonyl (C=O) groups excluding carboxylic acids is 2. The molecule has 2 saturated heterocycles. The van der Waals surface area contributed by atoms with Crippen LogP contribution in [0.4, 0.5) is 4.39 Å². The third-order valence-electron chi connectivity index (χ3n) is 5.83. The Bertz CT molecular complexity index is 711. The van der Waals surface area contributed by atoms with E-state index in [1.165, 1.54) is 12.1 Å². The average molecular weight is 421 g/mol. The van der Waals surface area contributed by atoms with Crippen LogP contribution < -0.4 is 5.32 Å². The largest absolute Gasteiger partial charge is 0.379 e. The lowest BCUT2D eigenvalue weighted by molar-refractivity contribution is -0.138. The molecule has 2 heterocycles. The highest BCUT2D eigenvalue weighted by molar-refractivity contribution is 5.88. The second-order valence-corrected chi connectivity index (χ2v) is 8.09. The molecule has 2 amide bonds. The van der Waals surface area contributed by atoms with Crippen LogP contribution in [-0.4, -0.2) is 92.1 Å². The standard InChI is InChI=1S/C22H33FN4O3/c1-25(8-2-3-9-26-11-13-30-14-12-26)21(28)16-20-22(29)24-7-10-27(20)17-18-5-4-6-19(23)15-18/h4-6,15,20H,2-3,7-14,16-17H2,1H3,(H,24,29). The van der Waals surface area contributed by atoms with E-state index in [9.17, 15) is 14.0 Å². The summed E-state index contributed by atoms with van der Waals surface area (Å²) in [5.41, 5.74) is 0.804. The van der Waals surface area contributed by atoms with Gasteiger partial charge in [-0.15, -0.1) is 0 Å². The molecule has 2 aliphatic rings. The lowest BCUT2D eigenvalue weighted by Crippen LogP contribution is -2.56. The molecule has 7 nitrogen and oxygen atoms in total. The Morgan fingerprint density at radius 2 is 2.07 bits per heavy atom. The van der Waals surface area contributed by atoms with Crippen molar-refractivity contribution in [3.63, 3.8) is 0 Å². The molecule has 2 aliphatic heterocycles. The van der Waals surface area contributed by atoms with Gasteiger partial charge in [-0.1, -0.05) is 12.1 Å². The molecule has 0 bridgehead atoms. The van der Waals surface area contributed by atoms with Gasteiger partial charge in [0.05, 0.1) is 25.7 Å². The zero-order valence-electron chi connectivity index (χ0n) is 17.8. The molecule has 1 aromatic rings. The Hall–Kier alpha value is -2.03. The summed E-state index contributed by atoms with van der Waals surface area (Å²) in [5.74, 6) is -0.460. The summed E-state index contributed by atoms with van der Waals surface area (Å²) < 4.78 is 18.9. The number of nitrogens with one attached hydrogen (secondary N) is 1. The van der Waals surface area contributed by atoms with Gasteiger partial charge >= 0.3 is 0 Å². The van der Waals surface area contributed by atoms with E-state index in [0.29, 0.717) is 26.2 Å². The van der Waals surface area contributed by atoms with Crippen LogP contribution >= 0.6 is 0 Å². The van der Waals surface area contributed by atoms with Crippen molar-refractivity contribution in [2.24, 2.45) is 0 Å². The molecule has 1 unspecified atom stereocenters. The molecule has 0 spiro atoms. The van der Waals surface area contributed by atoms with Gasteiger partial charge in [-0.3, -0.25) is 19.4 Å². The van der Waals surface area contributed by atoms with Crippen LogP contribution in [0.1, 0.15) is 24.8 Å². The van der Waals surface area contributed by atoms with Crippen molar-refractivity contribution in [3.05, 3.63) is 35.6 Å². The van der Waals surface area contributed by atoms with Crippen molar-refractivity contribution < 1.29 is 18.7 Å². The highest BCUT2D eigenvalue weighted by Crippen LogP contribution is 2.16. The Morgan fingerprint density at radius 3 is 2.83 bits per heavy atom. The molecule has 1 atom stereocenters. The lowest BCUT2D eigenvalue weighted by atomic mass is 10.1. The Labute approximate surface area is 178 Å². The van der Waals surface area contributed by atoms with Crippen LogP contribution in [0.2, 0.25) is 0 Å². The first-order chi connectivity index (χ1) is 14.5. The summed E-state index contributed by atoms with van der Waals surface area (Å²) in [4.78, 5) is 31.3. The van der Waals surface area contributed by atoms with Gasteiger partial charge in [0, 0.05) is 46.3 Å². The van der Waals surface area contributed by atoms with Gasteiger partial charge in [0.2, 0.25) is 11.8 Å². The minimum Gasteiger partial charge on any atom is -0.379 e. The zero-order chi connectivity index (χ0) is 21.3. The van der Waals surface area contributed by atoms with E-state index >= 15 is 0 Å². The molecular weight excluding hydrogens is 387 g/mol. The highest BCUT2D eigenvalue weighted by atomic mass is 19.1. The number of rotatable bonds is 9. The Kier molecular flexibility index (Phi) is 8.60. The van der Waals surface area contributed by atoms with Crippen molar-refractivity contribution in [3.8, 4) is 0 Å². The van der Waals surface area contributed by atoms with Gasteiger partial charge in [-0.05, 0) is 37.1 Å². The summed E-state index contributed by atoms with van der Waals surface area (Å²) >= 11 is 0. The molecule has 166 valence electrons. The number of benzene rings is 1. The molecule has 0 saturated carbocycles. The molecular formula is C22H33FN4O3. The summed E-state index contributed by atoms with van der Waals surface area (Å²) in [5, 5.41) is 2.85. The van der Waals surface area contributed by atoms with E-state index in [2.05, 4.69) is 10.2 Å². The first-order valence-electron chi connectivity index (χ1n) is 10.8. The van der Waals surface area contributed by atoms with E-state index in [1.807, 2.05) is 11.0 Å². The topological polar surface area (TPSA) is 65.1 Å². The van der Waals surface area contributed by atoms with Crippen LogP contribution in [0, 0.1) is 5.82 Å². The maximum atomic E-state index is 13.5. The predicted molar refractivity (Wildman–Crippen MR) is 112 cm³/mol. The van der Waals surface area contributed by atoms with E-state index in [4.69, 9.17) is 4.74 Å². The van der Waals surface area contributed by atoms with Crippen LogP contribution in [0.5, 0.6) is 0 Å². The first-order valence-corrected chi connectivity index (χ1v) is 10.8. The van der Waals surface area contributed by atoms with Crippen LogP contribution in [0.25, 0.3) is 0 Å². The zero-order valence-corrected chi connectivity index (χ0v) is 17.8. The van der Waals surface area contributed by atoms with Gasteiger partial charge in [0.25, 0.3) is 0 Å². The van der Waals surface area contributed by atoms with E-state index in [0.717, 1.165) is 51.3 Å². The van der Waals surface area contributed by atoms with Crippen molar-refractivity contribution in [1.29, 1.82) is 0 Å². The number of unbranched alkanes of at least 4 members (excludes halogenated alkanes) is 1. The van der Waals surface area contributed by atoms with E-state index in [-0.39, 0.29) is 24.1 Å². The lowest BCUT2D eigenvalue weighted by Gasteiger charge is -2.35. The fourth-order valence-corrected chi connectivity index (χ4v) is 4.00. The third kappa shape index (κ3) is 6.75. The number of hydrogen-bond acceptors (Lipinski definition) is 5. The van der Waals surface area contributed by atoms with Gasteiger partial charge in [0.15, 0.2) is 0 Å². The van der Waals surface area contributed by atoms with Gasteiger partial charge in [-0.2, -0.15) is 0 Å². The predicted octanol–water partition coefficient (Wildman–Crippen LogP) is 1.09. The molecule has 3 rings (SSSR count). The van der Waals surface area contributed by atoms with E-state index in [1.54, 1.807) is 18.0 Å². The number of amides is 2. The first kappa shape index (κ1) is 22.7. The fraction of sp³-hybridized carbons (Fsp3) is 0.636. The summed E-state index contributed by atoms with van der Waals surface area (Å²) in [7, 11) is 1.80. The number of ether oxygens (including phenoxy) is 1. The van der Waals surface area contributed by atoms with Gasteiger partial charge < -0.3 is 15.0 Å². The average Bonchev–Trinajstić information content (AvgIpc) is 2.74. The monoisotopic (exact) mass is 420 g/mol. The number of nitrogens with zero attached hydrogens (tertiary/aromatic N) is 3. The number of halogens is 1. The quantitative estimate of drug-likeness (QED) is 0.606. The summed E-state index contributed by atoms with van der Waals surface area (Å²) in [6.07, 6.45) is 2.11.